The molecule has 1 atom stereocenters. The van der Waals surface area contributed by atoms with E-state index in [1.165, 1.54) is 0 Å². The molecule has 6 nitrogen and oxygen atoms in total. The van der Waals surface area contributed by atoms with Crippen molar-refractivity contribution in [2.75, 3.05) is 0 Å². The molecule has 1 heterocycles. The van der Waals surface area contributed by atoms with Gasteiger partial charge < -0.3 is 4.74 Å². The summed E-state index contributed by atoms with van der Waals surface area (Å²) >= 11 is 0. The zero-order valence-corrected chi connectivity index (χ0v) is 11.4. The van der Waals surface area contributed by atoms with Gasteiger partial charge in [0.15, 0.2) is 6.73 Å². The Hall–Kier alpha value is -2.50. The molecule has 0 N–H and O–H groups in total. The maximum absolute atomic E-state index is 12.1. The van der Waals surface area contributed by atoms with Crippen molar-refractivity contribution in [2.24, 2.45) is 5.92 Å². The molecule has 0 spiro atoms. The first kappa shape index (κ1) is 13.5. The highest BCUT2D eigenvalue weighted by molar-refractivity contribution is 5.76. The van der Waals surface area contributed by atoms with Crippen molar-refractivity contribution in [2.45, 2.75) is 26.0 Å². The van der Waals surface area contributed by atoms with Crippen LogP contribution in [0.4, 0.5) is 0 Å². The Morgan fingerprint density at radius 2 is 2.24 bits per heavy atom. The van der Waals surface area contributed by atoms with E-state index in [0.717, 1.165) is 17.5 Å². The molecular weight excluding hydrogens is 270 g/mol. The van der Waals surface area contributed by atoms with Gasteiger partial charge in [-0.05, 0) is 30.9 Å². The monoisotopic (exact) mass is 285 g/mol. The number of aromatic nitrogens is 3. The second kappa shape index (κ2) is 5.87. The lowest BCUT2D eigenvalue weighted by atomic mass is 10.1. The van der Waals surface area contributed by atoms with E-state index in [1.807, 2.05) is 6.08 Å². The molecule has 0 radical (unpaired) electrons. The van der Waals surface area contributed by atoms with Crippen LogP contribution < -0.4 is 5.56 Å². The Morgan fingerprint density at radius 3 is 3.05 bits per heavy atom. The van der Waals surface area contributed by atoms with Crippen LogP contribution in [-0.2, 0) is 16.3 Å². The normalized spacial score (nSPS) is 17.2. The van der Waals surface area contributed by atoms with Gasteiger partial charge in [-0.3, -0.25) is 9.59 Å². The number of esters is 1. The summed E-state index contributed by atoms with van der Waals surface area (Å²) in [4.78, 5) is 23.9. The number of fused-ring (bicyclic) bond motifs is 1. The third-order valence-corrected chi connectivity index (χ3v) is 3.52. The third kappa shape index (κ3) is 2.99. The SMILES string of the molecule is O=C(C[C@@H]1C=CCC1)OCn1nnc2ccccc2c1=O. The van der Waals surface area contributed by atoms with Gasteiger partial charge >= 0.3 is 5.97 Å². The largest absolute Gasteiger partial charge is 0.442 e. The molecule has 0 aliphatic heterocycles. The van der Waals surface area contributed by atoms with E-state index < -0.39 is 0 Å². The Balaban J connectivity index is 1.67. The number of rotatable bonds is 4. The van der Waals surface area contributed by atoms with Crippen LogP contribution in [0.3, 0.4) is 0 Å². The first-order chi connectivity index (χ1) is 10.2. The average molecular weight is 285 g/mol. The van der Waals surface area contributed by atoms with Crippen molar-refractivity contribution in [1.82, 2.24) is 15.0 Å². The second-order valence-electron chi connectivity index (χ2n) is 5.03. The van der Waals surface area contributed by atoms with Gasteiger partial charge in [-0.1, -0.05) is 29.5 Å². The lowest BCUT2D eigenvalue weighted by Gasteiger charge is -2.08. The number of carbonyl (C=O) groups is 1. The molecule has 1 aromatic heterocycles. The van der Waals surface area contributed by atoms with Crippen LogP contribution in [0.5, 0.6) is 0 Å². The Labute approximate surface area is 121 Å². The van der Waals surface area contributed by atoms with Crippen LogP contribution in [0.1, 0.15) is 19.3 Å². The molecule has 0 amide bonds. The van der Waals surface area contributed by atoms with Crippen molar-refractivity contribution < 1.29 is 9.53 Å². The highest BCUT2D eigenvalue weighted by Crippen LogP contribution is 2.20. The molecule has 1 aliphatic rings. The molecule has 1 aliphatic carbocycles. The zero-order valence-electron chi connectivity index (χ0n) is 11.4. The van der Waals surface area contributed by atoms with Gasteiger partial charge in [0.25, 0.3) is 5.56 Å². The van der Waals surface area contributed by atoms with E-state index in [0.29, 0.717) is 17.3 Å². The molecule has 0 saturated carbocycles. The van der Waals surface area contributed by atoms with Gasteiger partial charge in [0, 0.05) is 0 Å². The van der Waals surface area contributed by atoms with Crippen molar-refractivity contribution in [3.05, 3.63) is 46.8 Å². The van der Waals surface area contributed by atoms with Gasteiger partial charge in [-0.15, -0.1) is 5.10 Å². The summed E-state index contributed by atoms with van der Waals surface area (Å²) in [6.07, 6.45) is 6.42. The minimum atomic E-state index is -0.326. The summed E-state index contributed by atoms with van der Waals surface area (Å²) in [5, 5.41) is 8.17. The highest BCUT2D eigenvalue weighted by Gasteiger charge is 2.15. The zero-order chi connectivity index (χ0) is 14.7. The summed E-state index contributed by atoms with van der Waals surface area (Å²) in [5.41, 5.74) is 0.218. The van der Waals surface area contributed by atoms with E-state index in [9.17, 15) is 9.59 Å². The standard InChI is InChI=1S/C15H15N3O3/c19-14(9-11-5-1-2-6-11)21-10-18-15(20)12-7-3-4-8-13(12)16-17-18/h1,3-5,7-8,11H,2,6,9-10H2/t11-/m1/s1. The van der Waals surface area contributed by atoms with Gasteiger partial charge in [-0.2, -0.15) is 4.68 Å². The minimum Gasteiger partial charge on any atom is -0.442 e. The fourth-order valence-electron chi connectivity index (χ4n) is 2.38. The molecule has 2 aromatic rings. The number of hydrogen-bond acceptors (Lipinski definition) is 5. The predicted octanol–water partition coefficient (Wildman–Crippen LogP) is 1.65. The van der Waals surface area contributed by atoms with Crippen molar-refractivity contribution >= 4 is 16.9 Å². The number of carbonyl (C=O) groups excluding carboxylic acids is 1. The van der Waals surface area contributed by atoms with E-state index in [4.69, 9.17) is 4.74 Å². The first-order valence-corrected chi connectivity index (χ1v) is 6.89. The quantitative estimate of drug-likeness (QED) is 0.630. The summed E-state index contributed by atoms with van der Waals surface area (Å²) in [6.45, 7) is -0.202. The number of allylic oxidation sites excluding steroid dienone is 2. The number of hydrogen-bond donors (Lipinski definition) is 0. The van der Waals surface area contributed by atoms with Crippen molar-refractivity contribution in [1.29, 1.82) is 0 Å². The van der Waals surface area contributed by atoms with Crippen molar-refractivity contribution in [3.8, 4) is 0 Å². The molecule has 21 heavy (non-hydrogen) atoms. The lowest BCUT2D eigenvalue weighted by Crippen LogP contribution is -2.26. The van der Waals surface area contributed by atoms with Crippen LogP contribution in [0.2, 0.25) is 0 Å². The summed E-state index contributed by atoms with van der Waals surface area (Å²) in [5.74, 6) is -0.0784. The molecular formula is C15H15N3O3. The van der Waals surface area contributed by atoms with E-state index in [2.05, 4.69) is 16.4 Å². The maximum Gasteiger partial charge on any atom is 0.308 e. The summed E-state index contributed by atoms with van der Waals surface area (Å²) < 4.78 is 6.17. The number of nitrogens with zero attached hydrogens (tertiary/aromatic N) is 3. The molecule has 0 unspecified atom stereocenters. The lowest BCUT2D eigenvalue weighted by molar-refractivity contribution is -0.148. The predicted molar refractivity (Wildman–Crippen MR) is 76.4 cm³/mol. The van der Waals surface area contributed by atoms with Gasteiger partial charge in [0.2, 0.25) is 0 Å². The van der Waals surface area contributed by atoms with Gasteiger partial charge in [0.1, 0.15) is 5.52 Å². The first-order valence-electron chi connectivity index (χ1n) is 6.89. The second-order valence-corrected chi connectivity index (χ2v) is 5.03. The number of benzene rings is 1. The molecule has 0 fully saturated rings. The Kier molecular flexibility index (Phi) is 3.77. The molecule has 0 bridgehead atoms. The van der Waals surface area contributed by atoms with Crippen LogP contribution in [0.25, 0.3) is 10.9 Å². The molecule has 3 rings (SSSR count). The topological polar surface area (TPSA) is 74.1 Å². The smallest absolute Gasteiger partial charge is 0.308 e. The Morgan fingerprint density at radius 1 is 1.38 bits per heavy atom. The molecule has 0 saturated heterocycles. The number of ether oxygens (including phenoxy) is 1. The van der Waals surface area contributed by atoms with E-state index in [-0.39, 0.29) is 24.2 Å². The fourth-order valence-corrected chi connectivity index (χ4v) is 2.38. The summed E-state index contributed by atoms with van der Waals surface area (Å²) in [7, 11) is 0. The van der Waals surface area contributed by atoms with Crippen LogP contribution in [0, 0.1) is 5.92 Å². The maximum atomic E-state index is 12.1. The van der Waals surface area contributed by atoms with E-state index in [1.54, 1.807) is 24.3 Å². The molecule has 108 valence electrons. The molecule has 6 heteroatoms. The Bertz CT molecular complexity index is 751. The highest BCUT2D eigenvalue weighted by atomic mass is 16.5. The van der Waals surface area contributed by atoms with Crippen LogP contribution >= 0.6 is 0 Å². The van der Waals surface area contributed by atoms with Crippen molar-refractivity contribution in [3.63, 3.8) is 0 Å². The molecule has 1 aromatic carbocycles. The van der Waals surface area contributed by atoms with Crippen LogP contribution in [-0.4, -0.2) is 21.0 Å². The fraction of sp³-hybridized carbons (Fsp3) is 0.333. The third-order valence-electron chi connectivity index (χ3n) is 3.52. The van der Waals surface area contributed by atoms with E-state index >= 15 is 0 Å². The minimum absolute atomic E-state index is 0.202. The average Bonchev–Trinajstić information content (AvgIpc) is 3.00. The van der Waals surface area contributed by atoms with Gasteiger partial charge in [0.05, 0.1) is 11.8 Å². The van der Waals surface area contributed by atoms with Crippen LogP contribution in [0.15, 0.2) is 41.2 Å². The van der Waals surface area contributed by atoms with Gasteiger partial charge in [-0.25, -0.2) is 0 Å². The summed E-state index contributed by atoms with van der Waals surface area (Å²) in [6, 6.07) is 6.94.